The van der Waals surface area contributed by atoms with Crippen molar-refractivity contribution in [2.75, 3.05) is 37.4 Å². The SMILES string of the molecule is COc1cc(C2CCN(C(=O)C3CCCCN3C(=O)OC(C)(C)C)CC2)c(C)cc1Nc1nc(Nc2ccccc2[SH](=O)(P)C(C)C)n2nccc2n1. The van der Waals surface area contributed by atoms with E-state index in [1.54, 1.807) is 28.8 Å². The van der Waals surface area contributed by atoms with Crippen molar-refractivity contribution in [3.05, 3.63) is 59.8 Å². The van der Waals surface area contributed by atoms with Crippen LogP contribution in [0, 0.1) is 6.92 Å². The van der Waals surface area contributed by atoms with Crippen LogP contribution in [0.1, 0.15) is 83.8 Å². The smallest absolute Gasteiger partial charge is 0.410 e. The molecule has 2 fully saturated rings. The molecule has 53 heavy (non-hydrogen) atoms. The first-order valence-electron chi connectivity index (χ1n) is 18.4. The van der Waals surface area contributed by atoms with Crippen molar-refractivity contribution >= 4 is 58.9 Å². The molecule has 2 amide bonds. The van der Waals surface area contributed by atoms with Crippen LogP contribution in [0.2, 0.25) is 0 Å². The first-order chi connectivity index (χ1) is 25.2. The highest BCUT2D eigenvalue weighted by atomic mass is 32.8. The number of aromatic nitrogens is 4. The van der Waals surface area contributed by atoms with E-state index in [0.29, 0.717) is 65.6 Å². The van der Waals surface area contributed by atoms with Gasteiger partial charge in [-0.25, -0.2) is 4.79 Å². The zero-order valence-electron chi connectivity index (χ0n) is 31.8. The van der Waals surface area contributed by atoms with Crippen molar-refractivity contribution in [1.82, 2.24) is 29.4 Å². The molecule has 2 aromatic carbocycles. The molecular weight excluding hydrogens is 712 g/mol. The van der Waals surface area contributed by atoms with E-state index in [1.165, 1.54) is 5.56 Å². The quantitative estimate of drug-likeness (QED) is 0.121. The van der Waals surface area contributed by atoms with Gasteiger partial charge in [-0.2, -0.15) is 19.6 Å². The normalized spacial score (nSPS) is 17.6. The number of rotatable bonds is 9. The number of para-hydroxylation sites is 1. The van der Waals surface area contributed by atoms with E-state index in [4.69, 9.17) is 19.4 Å². The summed E-state index contributed by atoms with van der Waals surface area (Å²) in [5, 5.41) is 11.1. The van der Waals surface area contributed by atoms with Gasteiger partial charge in [-0.1, -0.05) is 44.0 Å². The van der Waals surface area contributed by atoms with Gasteiger partial charge < -0.3 is 25.0 Å². The van der Waals surface area contributed by atoms with Gasteiger partial charge in [-0.15, -0.1) is 0 Å². The predicted molar refractivity (Wildman–Crippen MR) is 213 cm³/mol. The fourth-order valence-electron chi connectivity index (χ4n) is 7.12. The van der Waals surface area contributed by atoms with Gasteiger partial charge in [0, 0.05) is 35.8 Å². The van der Waals surface area contributed by atoms with Gasteiger partial charge in [0.25, 0.3) is 0 Å². The number of hydrogen-bond acceptors (Lipinski definition) is 10. The Morgan fingerprint density at radius 1 is 0.981 bits per heavy atom. The third-order valence-corrected chi connectivity index (χ3v) is 15.3. The minimum absolute atomic E-state index is 0.0119. The third kappa shape index (κ3) is 8.44. The maximum Gasteiger partial charge on any atom is 0.410 e. The summed E-state index contributed by atoms with van der Waals surface area (Å²) in [4.78, 5) is 40.5. The number of aryl methyl sites for hydroxylation is 1. The number of benzene rings is 2. The van der Waals surface area contributed by atoms with Gasteiger partial charge in [-0.3, -0.25) is 13.9 Å². The summed E-state index contributed by atoms with van der Waals surface area (Å²) in [6.45, 7) is 13.3. The highest BCUT2D eigenvalue weighted by Gasteiger charge is 2.38. The Balaban J connectivity index is 1.18. The van der Waals surface area contributed by atoms with Gasteiger partial charge >= 0.3 is 6.09 Å². The number of methoxy groups -OCH3 is 1. The van der Waals surface area contributed by atoms with Crippen molar-refractivity contribution < 1.29 is 23.3 Å². The van der Waals surface area contributed by atoms with Crippen LogP contribution in [-0.4, -0.2) is 89.2 Å². The molecule has 2 saturated heterocycles. The van der Waals surface area contributed by atoms with Crippen molar-refractivity contribution in [3.63, 3.8) is 0 Å². The summed E-state index contributed by atoms with van der Waals surface area (Å²) in [7, 11) is 1.46. The first-order valence-corrected chi connectivity index (χ1v) is 21.8. The van der Waals surface area contributed by atoms with Gasteiger partial charge in [-0.05, 0) is 101 Å². The Hall–Kier alpha value is -4.29. The molecule has 286 valence electrons. The number of thiol groups is 1. The number of anilines is 4. The maximum atomic E-state index is 13.8. The highest BCUT2D eigenvalue weighted by molar-refractivity contribution is 8.45. The third-order valence-electron chi connectivity index (χ3n) is 10.0. The predicted octanol–water partition coefficient (Wildman–Crippen LogP) is 7.00. The van der Waals surface area contributed by atoms with Gasteiger partial charge in [0.2, 0.25) is 17.8 Å². The summed E-state index contributed by atoms with van der Waals surface area (Å²) in [5.41, 5.74) is 3.62. The maximum absolute atomic E-state index is 13.8. The number of carbonyl (C=O) groups is 2. The molecule has 2 aliphatic rings. The molecule has 2 aliphatic heterocycles. The number of piperidine rings is 2. The van der Waals surface area contributed by atoms with Crippen LogP contribution in [0.15, 0.2) is 53.6 Å². The highest BCUT2D eigenvalue weighted by Crippen LogP contribution is 2.39. The minimum Gasteiger partial charge on any atom is -0.495 e. The number of carbonyl (C=O) groups excluding carboxylic acids is 2. The molecule has 2 unspecified atom stereocenters. The Morgan fingerprint density at radius 3 is 2.42 bits per heavy atom. The summed E-state index contributed by atoms with van der Waals surface area (Å²) >= 11 is 0. The molecule has 4 heterocycles. The Bertz CT molecular complexity index is 2020. The van der Waals surface area contributed by atoms with E-state index in [0.717, 1.165) is 31.2 Å². The van der Waals surface area contributed by atoms with E-state index >= 15 is 0 Å². The zero-order valence-corrected chi connectivity index (χ0v) is 33.8. The number of fused-ring (bicyclic) bond motifs is 1. The molecule has 2 atom stereocenters. The fourth-order valence-corrected chi connectivity index (χ4v) is 9.18. The second-order valence-electron chi connectivity index (χ2n) is 15.2. The van der Waals surface area contributed by atoms with Crippen LogP contribution in [-0.2, 0) is 19.1 Å². The first kappa shape index (κ1) is 38.4. The molecule has 0 radical (unpaired) electrons. The molecule has 0 saturated carbocycles. The van der Waals surface area contributed by atoms with Crippen molar-refractivity contribution in [2.24, 2.45) is 0 Å². The lowest BCUT2D eigenvalue weighted by Crippen LogP contribution is -2.55. The number of hydrogen-bond donors (Lipinski definition) is 3. The van der Waals surface area contributed by atoms with E-state index in [-0.39, 0.29) is 17.1 Å². The lowest BCUT2D eigenvalue weighted by molar-refractivity contribution is -0.139. The van der Waals surface area contributed by atoms with Crippen LogP contribution < -0.4 is 15.4 Å². The Morgan fingerprint density at radius 2 is 1.72 bits per heavy atom. The fraction of sp³-hybridized carbons (Fsp3) is 0.500. The van der Waals surface area contributed by atoms with Crippen LogP contribution in [0.4, 0.5) is 28.1 Å². The topological polar surface area (TPSA) is 143 Å². The van der Waals surface area contributed by atoms with Gasteiger partial charge in [0.05, 0.1) is 24.7 Å². The largest absolute Gasteiger partial charge is 0.495 e. The summed E-state index contributed by atoms with van der Waals surface area (Å²) in [6.07, 6.45) is 5.29. The molecule has 15 heteroatoms. The molecule has 2 aromatic heterocycles. The summed E-state index contributed by atoms with van der Waals surface area (Å²) < 4.78 is 26.8. The average Bonchev–Trinajstić information content (AvgIpc) is 3.60. The van der Waals surface area contributed by atoms with Gasteiger partial charge in [0.1, 0.15) is 17.4 Å². The van der Waals surface area contributed by atoms with E-state index in [1.807, 2.05) is 69.9 Å². The molecule has 0 spiro atoms. The second-order valence-corrected chi connectivity index (χ2v) is 20.5. The summed E-state index contributed by atoms with van der Waals surface area (Å²) in [5.74, 6) is 1.66. The molecule has 0 bridgehead atoms. The number of nitrogens with one attached hydrogen (secondary N) is 2. The van der Waals surface area contributed by atoms with Crippen LogP contribution in [0.5, 0.6) is 5.75 Å². The molecule has 0 aliphatic carbocycles. The van der Waals surface area contributed by atoms with Crippen LogP contribution in [0.3, 0.4) is 0 Å². The van der Waals surface area contributed by atoms with Gasteiger partial charge in [0.15, 0.2) is 5.65 Å². The lowest BCUT2D eigenvalue weighted by atomic mass is 9.86. The minimum atomic E-state index is -2.75. The Labute approximate surface area is 315 Å². The van der Waals surface area contributed by atoms with E-state index in [2.05, 4.69) is 37.2 Å². The standard InChI is InChI=1S/C38H53N8O5PS/c1-24(2)53(49,52)32-14-9-8-12-28(32)41-36-43-35(42-33-15-18-39-46(33)36)40-29-22-25(3)27(23-31(29)50-7)26-16-20-44(21-17-26)34(47)30-13-10-11-19-45(30)37(48)51-38(4,5)6/h8-9,12,14-15,18,22-24,26,30,53H,10-11,13,16-17,19-21,52H2,1-7H3,(H2,40,41,42,43). The molecule has 2 N–H and O–H groups in total. The number of likely N-dealkylation sites (tertiary alicyclic amines) is 2. The molecule has 4 aromatic rings. The number of nitrogens with zero attached hydrogens (tertiary/aromatic N) is 6. The van der Waals surface area contributed by atoms with Crippen molar-refractivity contribution in [3.8, 4) is 5.75 Å². The van der Waals surface area contributed by atoms with E-state index < -0.39 is 27.3 Å². The van der Waals surface area contributed by atoms with E-state index in [9.17, 15) is 13.8 Å². The number of ether oxygens (including phenoxy) is 2. The number of amides is 2. The summed E-state index contributed by atoms with van der Waals surface area (Å²) in [6, 6.07) is 13.0. The second kappa shape index (κ2) is 15.6. The molecule has 6 rings (SSSR count). The molecule has 13 nitrogen and oxygen atoms in total. The van der Waals surface area contributed by atoms with Crippen LogP contribution >= 0.6 is 8.44 Å². The zero-order chi connectivity index (χ0) is 38.1. The van der Waals surface area contributed by atoms with Crippen LogP contribution in [0.25, 0.3) is 5.65 Å². The monoisotopic (exact) mass is 764 g/mol. The molecular formula is C38H53N8O5PS. The Kier molecular flexibility index (Phi) is 11.3. The average molecular weight is 765 g/mol. The van der Waals surface area contributed by atoms with Crippen molar-refractivity contribution in [1.29, 1.82) is 0 Å². The van der Waals surface area contributed by atoms with Crippen molar-refractivity contribution in [2.45, 2.75) is 101 Å². The lowest BCUT2D eigenvalue weighted by Gasteiger charge is -2.40.